The van der Waals surface area contributed by atoms with E-state index in [0.29, 0.717) is 0 Å². The highest BCUT2D eigenvalue weighted by Gasteiger charge is 2.46. The molecule has 2 rings (SSSR count). The second kappa shape index (κ2) is 6.56. The highest BCUT2D eigenvalue weighted by Crippen LogP contribution is 2.40. The van der Waals surface area contributed by atoms with Crippen molar-refractivity contribution in [1.82, 2.24) is 0 Å². The molecule has 128 valence electrons. The smallest absolute Gasteiger partial charge is 0.275 e. The maximum atomic E-state index is 12.5. The average molecular weight is 370 g/mol. The Hall–Kier alpha value is -1.49. The van der Waals surface area contributed by atoms with Crippen molar-refractivity contribution in [2.45, 2.75) is 41.3 Å². The minimum absolute atomic E-state index is 0.103. The van der Waals surface area contributed by atoms with Gasteiger partial charge in [0.15, 0.2) is 0 Å². The number of halogens is 3. The second-order valence-corrected chi connectivity index (χ2v) is 8.03. The molecule has 0 radical (unpaired) electrons. The first-order valence-corrected chi connectivity index (χ1v) is 9.00. The highest BCUT2D eigenvalue weighted by molar-refractivity contribution is 8.00. The van der Waals surface area contributed by atoms with Gasteiger partial charge in [0.2, 0.25) is 0 Å². The van der Waals surface area contributed by atoms with E-state index >= 15 is 0 Å². The van der Waals surface area contributed by atoms with Crippen LogP contribution in [0.15, 0.2) is 23.1 Å². The van der Waals surface area contributed by atoms with Crippen molar-refractivity contribution in [3.63, 3.8) is 0 Å². The summed E-state index contributed by atoms with van der Waals surface area (Å²) in [5.74, 6) is 0. The number of nitro groups is 1. The lowest BCUT2D eigenvalue weighted by molar-refractivity contribution is -0.385. The average Bonchev–Trinajstić information content (AvgIpc) is 2.91. The molecule has 0 heterocycles. The molecule has 0 unspecified atom stereocenters. The van der Waals surface area contributed by atoms with E-state index in [0.717, 1.165) is 55.6 Å². The van der Waals surface area contributed by atoms with Crippen LogP contribution >= 0.6 is 11.8 Å². The summed E-state index contributed by atoms with van der Waals surface area (Å²) in [6.07, 6.45) is 3.60. The number of nitrogens with one attached hydrogen (secondary N) is 1. The monoisotopic (exact) mass is 370 g/mol. The first kappa shape index (κ1) is 17.9. The van der Waals surface area contributed by atoms with Gasteiger partial charge in [-0.15, -0.1) is 11.8 Å². The molecule has 23 heavy (non-hydrogen) atoms. The molecule has 6 nitrogen and oxygen atoms in total. The Kier molecular flexibility index (Phi) is 5.09. The Balaban J connectivity index is 2.35. The van der Waals surface area contributed by atoms with Crippen molar-refractivity contribution in [3.05, 3.63) is 28.3 Å². The van der Waals surface area contributed by atoms with Crippen molar-refractivity contribution in [1.29, 1.82) is 0 Å². The van der Waals surface area contributed by atoms with Crippen LogP contribution in [0.5, 0.6) is 0 Å². The van der Waals surface area contributed by atoms with Gasteiger partial charge < -0.3 is 0 Å². The number of benzene rings is 1. The van der Waals surface area contributed by atoms with Crippen molar-refractivity contribution < 1.29 is 26.5 Å². The van der Waals surface area contributed by atoms with E-state index in [-0.39, 0.29) is 21.5 Å². The van der Waals surface area contributed by atoms with Gasteiger partial charge in [0.25, 0.3) is 5.69 Å². The van der Waals surface area contributed by atoms with Crippen LogP contribution in [0.1, 0.15) is 25.7 Å². The van der Waals surface area contributed by atoms with Crippen LogP contribution in [0, 0.1) is 10.1 Å². The van der Waals surface area contributed by atoms with Gasteiger partial charge in [-0.25, -0.2) is 0 Å². The van der Waals surface area contributed by atoms with E-state index in [9.17, 15) is 31.7 Å². The molecule has 1 N–H and O–H groups in total. The topological polar surface area (TPSA) is 89.3 Å². The number of alkyl halides is 3. The second-order valence-electron chi connectivity index (χ2n) is 5.01. The molecule has 0 amide bonds. The molecule has 1 aromatic rings. The van der Waals surface area contributed by atoms with Gasteiger partial charge in [0, 0.05) is 22.3 Å². The highest BCUT2D eigenvalue weighted by atomic mass is 32.2. The fourth-order valence-corrected chi connectivity index (χ4v) is 4.21. The minimum atomic E-state index is -5.57. The minimum Gasteiger partial charge on any atom is -0.275 e. The fourth-order valence-electron chi connectivity index (χ4n) is 2.19. The molecule has 0 aromatic heterocycles. The number of non-ortho nitro benzene ring substituents is 1. The number of hydrogen-bond acceptors (Lipinski definition) is 5. The summed E-state index contributed by atoms with van der Waals surface area (Å²) in [7, 11) is -5.57. The zero-order chi connectivity index (χ0) is 17.3. The lowest BCUT2D eigenvalue weighted by Crippen LogP contribution is -2.30. The quantitative estimate of drug-likeness (QED) is 0.627. The van der Waals surface area contributed by atoms with Crippen molar-refractivity contribution >= 4 is 33.2 Å². The van der Waals surface area contributed by atoms with E-state index in [4.69, 9.17) is 0 Å². The van der Waals surface area contributed by atoms with Gasteiger partial charge in [-0.1, -0.05) is 12.8 Å². The maximum Gasteiger partial charge on any atom is 0.516 e. The van der Waals surface area contributed by atoms with E-state index in [1.807, 2.05) is 0 Å². The van der Waals surface area contributed by atoms with E-state index in [2.05, 4.69) is 0 Å². The molecule has 0 bridgehead atoms. The molecule has 0 aliphatic heterocycles. The molecule has 1 aromatic carbocycles. The summed E-state index contributed by atoms with van der Waals surface area (Å²) >= 11 is 1.16. The maximum absolute atomic E-state index is 12.5. The number of sulfonamides is 1. The lowest BCUT2D eigenvalue weighted by atomic mass is 10.3. The zero-order valence-corrected chi connectivity index (χ0v) is 13.3. The number of rotatable bonds is 5. The Bertz CT molecular complexity index is 701. The summed E-state index contributed by atoms with van der Waals surface area (Å²) in [6, 6.07) is 3.04. The molecule has 1 saturated carbocycles. The van der Waals surface area contributed by atoms with Gasteiger partial charge in [-0.05, 0) is 18.9 Å². The molecule has 1 aliphatic rings. The lowest BCUT2D eigenvalue weighted by Gasteiger charge is -2.16. The molecular weight excluding hydrogens is 357 g/mol. The number of hydrogen-bond donors (Lipinski definition) is 1. The fraction of sp³-hybridized carbons (Fsp3) is 0.500. The SMILES string of the molecule is O=[N+]([O-])c1ccc(NS(=O)(=O)C(F)(F)F)c(SC2CCCC2)c1. The Morgan fingerprint density at radius 3 is 2.39 bits per heavy atom. The van der Waals surface area contributed by atoms with Crippen LogP contribution in [0.3, 0.4) is 0 Å². The van der Waals surface area contributed by atoms with Crippen LogP contribution in [-0.2, 0) is 10.0 Å². The summed E-state index contributed by atoms with van der Waals surface area (Å²) in [5, 5.41) is 10.9. The third-order valence-corrected chi connectivity index (χ3v) is 5.82. The molecule has 11 heteroatoms. The van der Waals surface area contributed by atoms with Crippen LogP contribution in [0.2, 0.25) is 0 Å². The zero-order valence-electron chi connectivity index (χ0n) is 11.7. The summed E-state index contributed by atoms with van der Waals surface area (Å²) in [4.78, 5) is 10.3. The molecular formula is C12H13F3N2O4S2. The third-order valence-electron chi connectivity index (χ3n) is 3.32. The summed E-state index contributed by atoms with van der Waals surface area (Å²) < 4.78 is 61.5. The van der Waals surface area contributed by atoms with Gasteiger partial charge in [0.05, 0.1) is 10.6 Å². The first-order chi connectivity index (χ1) is 10.6. The largest absolute Gasteiger partial charge is 0.516 e. The summed E-state index contributed by atoms with van der Waals surface area (Å²) in [5.41, 5.74) is -6.06. The number of anilines is 1. The van der Waals surface area contributed by atoms with Gasteiger partial charge in [0.1, 0.15) is 0 Å². The molecule has 0 atom stereocenters. The Morgan fingerprint density at radius 1 is 1.26 bits per heavy atom. The Labute approximate surface area is 134 Å². The van der Waals surface area contributed by atoms with Crippen LogP contribution < -0.4 is 4.72 Å². The standard InChI is InChI=1S/C12H13F3N2O4S2/c13-12(14,15)23(20,21)16-10-6-5-8(17(18)19)7-11(10)22-9-3-1-2-4-9/h5-7,9,16H,1-4H2. The van der Waals surface area contributed by atoms with Crippen LogP contribution in [0.4, 0.5) is 24.5 Å². The molecule has 1 fully saturated rings. The van der Waals surface area contributed by atoms with Gasteiger partial charge in [-0.3, -0.25) is 14.8 Å². The number of nitrogens with zero attached hydrogens (tertiary/aromatic N) is 1. The predicted octanol–water partition coefficient (Wildman–Crippen LogP) is 3.89. The van der Waals surface area contributed by atoms with E-state index in [1.54, 1.807) is 0 Å². The first-order valence-electron chi connectivity index (χ1n) is 6.64. The van der Waals surface area contributed by atoms with Crippen LogP contribution in [0.25, 0.3) is 0 Å². The normalized spacial score (nSPS) is 16.5. The molecule has 0 spiro atoms. The van der Waals surface area contributed by atoms with Gasteiger partial charge >= 0.3 is 15.5 Å². The summed E-state index contributed by atoms with van der Waals surface area (Å²) in [6.45, 7) is 0. The van der Waals surface area contributed by atoms with Crippen molar-refractivity contribution in [2.24, 2.45) is 0 Å². The number of nitro benzene ring substituents is 1. The predicted molar refractivity (Wildman–Crippen MR) is 79.8 cm³/mol. The molecule has 0 saturated heterocycles. The third kappa shape index (κ3) is 4.28. The van der Waals surface area contributed by atoms with Gasteiger partial charge in [-0.2, -0.15) is 21.6 Å². The van der Waals surface area contributed by atoms with Crippen molar-refractivity contribution in [3.8, 4) is 0 Å². The number of thioether (sulfide) groups is 1. The molecule has 1 aliphatic carbocycles. The van der Waals surface area contributed by atoms with Crippen LogP contribution in [-0.4, -0.2) is 24.1 Å². The van der Waals surface area contributed by atoms with Crippen molar-refractivity contribution in [2.75, 3.05) is 4.72 Å². The van der Waals surface area contributed by atoms with E-state index < -0.39 is 20.5 Å². The van der Waals surface area contributed by atoms with E-state index in [1.165, 1.54) is 4.72 Å². The Morgan fingerprint density at radius 2 is 1.87 bits per heavy atom.